The lowest BCUT2D eigenvalue weighted by molar-refractivity contribution is -0.468. The highest BCUT2D eigenvalue weighted by molar-refractivity contribution is 7.99. The summed E-state index contributed by atoms with van der Waals surface area (Å²) in [5.74, 6) is 2.12. The maximum absolute atomic E-state index is 11.4. The average molecular weight is 387 g/mol. The fraction of sp³-hybridized carbons (Fsp3) is 0.947. The molecular weight excluding hydrogens is 356 g/mol. The topological polar surface area (TPSA) is 63.2 Å². The highest BCUT2D eigenvalue weighted by Gasteiger charge is 2.68. The smallest absolute Gasteiger partial charge is 0.306 e. The second-order valence-corrected chi connectivity index (χ2v) is 9.51. The monoisotopic (exact) mass is 386 g/mol. The van der Waals surface area contributed by atoms with E-state index in [0.29, 0.717) is 35.8 Å². The minimum Gasteiger partial charge on any atom is -0.469 e. The van der Waals surface area contributed by atoms with E-state index in [1.807, 2.05) is 6.92 Å². The second kappa shape index (κ2) is 7.24. The van der Waals surface area contributed by atoms with E-state index in [1.54, 1.807) is 11.8 Å². The average Bonchev–Trinajstić information content (AvgIpc) is 2.84. The van der Waals surface area contributed by atoms with Gasteiger partial charge in [0.1, 0.15) is 11.5 Å². The Morgan fingerprint density at radius 2 is 2.00 bits per heavy atom. The molecule has 2 bridgehead atoms. The molecule has 1 saturated carbocycles. The van der Waals surface area contributed by atoms with E-state index < -0.39 is 11.9 Å². The molecule has 5 rings (SSSR count). The van der Waals surface area contributed by atoms with Crippen LogP contribution in [0.15, 0.2) is 0 Å². The van der Waals surface area contributed by atoms with Crippen molar-refractivity contribution in [3.05, 3.63) is 0 Å². The SMILES string of the molecule is COC(=O)CCS[C@@H]1O[C@@H]2O[C@@H](C)C3C[C@H]4[C@H](C)CC[C@@H]([C@H]1C)[C@@]24OO3. The number of carbonyl (C=O) groups excluding carboxylic acids is 1. The summed E-state index contributed by atoms with van der Waals surface area (Å²) in [6.45, 7) is 6.61. The van der Waals surface area contributed by atoms with E-state index in [9.17, 15) is 4.79 Å². The quantitative estimate of drug-likeness (QED) is 0.543. The summed E-state index contributed by atoms with van der Waals surface area (Å²) in [5.41, 5.74) is -0.514. The highest BCUT2D eigenvalue weighted by Crippen LogP contribution is 2.60. The van der Waals surface area contributed by atoms with E-state index >= 15 is 0 Å². The zero-order valence-electron chi connectivity index (χ0n) is 16.0. The molecule has 0 aromatic rings. The van der Waals surface area contributed by atoms with Gasteiger partial charge in [0.2, 0.25) is 0 Å². The number of rotatable bonds is 4. The highest BCUT2D eigenvalue weighted by atomic mass is 32.2. The van der Waals surface area contributed by atoms with Gasteiger partial charge in [-0.1, -0.05) is 13.8 Å². The molecule has 0 radical (unpaired) electrons. The molecule has 1 unspecified atom stereocenters. The van der Waals surface area contributed by atoms with Crippen LogP contribution in [0.4, 0.5) is 0 Å². The summed E-state index contributed by atoms with van der Waals surface area (Å²) < 4.78 is 17.5. The van der Waals surface area contributed by atoms with Crippen molar-refractivity contribution in [1.29, 1.82) is 0 Å². The van der Waals surface area contributed by atoms with Crippen LogP contribution in [0.25, 0.3) is 0 Å². The second-order valence-electron chi connectivity index (χ2n) is 8.31. The lowest BCUT2D eigenvalue weighted by Crippen LogP contribution is -2.68. The number of methoxy groups -OCH3 is 1. The van der Waals surface area contributed by atoms with Crippen molar-refractivity contribution in [3.8, 4) is 0 Å². The third kappa shape index (κ3) is 2.91. The molecule has 1 spiro atoms. The summed E-state index contributed by atoms with van der Waals surface area (Å²) in [7, 11) is 1.43. The summed E-state index contributed by atoms with van der Waals surface area (Å²) in [4.78, 5) is 23.4. The van der Waals surface area contributed by atoms with Crippen molar-refractivity contribution in [2.75, 3.05) is 12.9 Å². The van der Waals surface area contributed by atoms with Crippen molar-refractivity contribution in [1.82, 2.24) is 0 Å². The number of carbonyl (C=O) groups is 1. The zero-order valence-corrected chi connectivity index (χ0v) is 16.8. The molecule has 0 amide bonds. The molecule has 9 atom stereocenters. The Morgan fingerprint density at radius 3 is 2.77 bits per heavy atom. The Kier molecular flexibility index (Phi) is 5.29. The lowest BCUT2D eigenvalue weighted by Gasteiger charge is -2.59. The predicted octanol–water partition coefficient (Wildman–Crippen LogP) is 3.14. The van der Waals surface area contributed by atoms with Gasteiger partial charge in [0.15, 0.2) is 11.9 Å². The zero-order chi connectivity index (χ0) is 18.5. The van der Waals surface area contributed by atoms with Crippen LogP contribution in [0.5, 0.6) is 0 Å². The molecule has 6 nitrogen and oxygen atoms in total. The molecule has 7 heteroatoms. The fourth-order valence-electron chi connectivity index (χ4n) is 5.41. The van der Waals surface area contributed by atoms with E-state index in [-0.39, 0.29) is 23.6 Å². The molecule has 1 aliphatic carbocycles. The number of hydrogen-bond acceptors (Lipinski definition) is 7. The summed E-state index contributed by atoms with van der Waals surface area (Å²) >= 11 is 1.68. The normalized spacial score (nSPS) is 50.0. The van der Waals surface area contributed by atoms with Crippen LogP contribution in [-0.4, -0.2) is 48.4 Å². The Balaban J connectivity index is 1.57. The van der Waals surface area contributed by atoms with E-state index in [1.165, 1.54) is 13.5 Å². The van der Waals surface area contributed by atoms with Gasteiger partial charge in [-0.15, -0.1) is 11.8 Å². The lowest BCUT2D eigenvalue weighted by atomic mass is 9.58. The van der Waals surface area contributed by atoms with Crippen molar-refractivity contribution in [2.45, 2.75) is 76.0 Å². The number of hydrogen-bond donors (Lipinski definition) is 0. The minimum absolute atomic E-state index is 0.0118. The van der Waals surface area contributed by atoms with Gasteiger partial charge in [0.05, 0.1) is 19.6 Å². The van der Waals surface area contributed by atoms with E-state index in [4.69, 9.17) is 24.0 Å². The van der Waals surface area contributed by atoms with Crippen molar-refractivity contribution >= 4 is 17.7 Å². The van der Waals surface area contributed by atoms with Gasteiger partial charge in [-0.25, -0.2) is 9.78 Å². The molecule has 148 valence electrons. The Morgan fingerprint density at radius 1 is 1.19 bits per heavy atom. The molecule has 4 saturated heterocycles. The first kappa shape index (κ1) is 19.0. The van der Waals surface area contributed by atoms with Crippen LogP contribution in [0, 0.1) is 23.7 Å². The van der Waals surface area contributed by atoms with E-state index in [0.717, 1.165) is 12.8 Å². The van der Waals surface area contributed by atoms with Crippen LogP contribution >= 0.6 is 11.8 Å². The summed E-state index contributed by atoms with van der Waals surface area (Å²) in [6, 6.07) is 0. The van der Waals surface area contributed by atoms with Crippen LogP contribution < -0.4 is 0 Å². The first-order valence-electron chi connectivity index (χ1n) is 9.81. The van der Waals surface area contributed by atoms with Gasteiger partial charge in [-0.3, -0.25) is 4.79 Å². The summed E-state index contributed by atoms with van der Waals surface area (Å²) in [5, 5.41) is 0. The Labute approximate surface area is 159 Å². The van der Waals surface area contributed by atoms with Gasteiger partial charge < -0.3 is 14.2 Å². The van der Waals surface area contributed by atoms with E-state index in [2.05, 4.69) is 13.8 Å². The van der Waals surface area contributed by atoms with Gasteiger partial charge in [-0.05, 0) is 38.0 Å². The van der Waals surface area contributed by atoms with Crippen LogP contribution in [0.3, 0.4) is 0 Å². The Bertz CT molecular complexity index is 544. The first-order chi connectivity index (χ1) is 12.5. The number of ether oxygens (including phenoxy) is 3. The molecule has 4 heterocycles. The molecule has 5 fully saturated rings. The van der Waals surface area contributed by atoms with Crippen molar-refractivity contribution < 1.29 is 28.8 Å². The van der Waals surface area contributed by atoms with Crippen LogP contribution in [-0.2, 0) is 28.8 Å². The van der Waals surface area contributed by atoms with Gasteiger partial charge in [0, 0.05) is 17.6 Å². The van der Waals surface area contributed by atoms with Gasteiger partial charge in [-0.2, -0.15) is 0 Å². The Hall–Kier alpha value is -0.340. The number of esters is 1. The molecule has 0 aromatic carbocycles. The third-order valence-electron chi connectivity index (χ3n) is 6.95. The largest absolute Gasteiger partial charge is 0.469 e. The molecule has 0 N–H and O–H groups in total. The maximum atomic E-state index is 11.4. The molecular formula is C19H30O6S. The summed E-state index contributed by atoms with van der Waals surface area (Å²) in [6.07, 6.45) is 3.19. The third-order valence-corrected chi connectivity index (χ3v) is 8.26. The maximum Gasteiger partial charge on any atom is 0.306 e. The van der Waals surface area contributed by atoms with Gasteiger partial charge in [0.25, 0.3) is 0 Å². The van der Waals surface area contributed by atoms with Crippen molar-refractivity contribution in [2.24, 2.45) is 23.7 Å². The predicted molar refractivity (Wildman–Crippen MR) is 96.1 cm³/mol. The number of fused-ring (bicyclic) bond motifs is 2. The fourth-order valence-corrected chi connectivity index (χ4v) is 6.60. The minimum atomic E-state index is -0.502. The standard InChI is InChI=1S/C19H30O6S/c1-10-5-6-13-11(2)17(26-8-7-16(20)21-4)23-18-19(13)14(10)9-15(24-25-19)12(3)22-18/h10-15,17-18H,5-9H2,1-4H3/t10-,11-,12+,13+,14+,15?,17+,18+,19+/m1/s1. The van der Waals surface area contributed by atoms with Crippen LogP contribution in [0.1, 0.15) is 46.5 Å². The van der Waals surface area contributed by atoms with Crippen molar-refractivity contribution in [3.63, 3.8) is 0 Å². The first-order valence-corrected chi connectivity index (χ1v) is 10.9. The molecule has 4 aliphatic heterocycles. The molecule has 26 heavy (non-hydrogen) atoms. The molecule has 5 aliphatic rings. The number of thioether (sulfide) groups is 1. The van der Waals surface area contributed by atoms with Crippen LogP contribution in [0.2, 0.25) is 0 Å². The molecule has 0 aromatic heterocycles. The van der Waals surface area contributed by atoms with Gasteiger partial charge >= 0.3 is 5.97 Å².